The summed E-state index contributed by atoms with van der Waals surface area (Å²) in [6.07, 6.45) is -4.32. The van der Waals surface area contributed by atoms with Crippen LogP contribution in [0, 0.1) is 13.8 Å². The van der Waals surface area contributed by atoms with E-state index in [2.05, 4.69) is 56.5 Å². The molecule has 31 heavy (non-hydrogen) atoms. The molecule has 0 aliphatic carbocycles. The molecule has 5 nitrogen and oxygen atoms in total. The lowest BCUT2D eigenvalue weighted by molar-refractivity contribution is -0.137. The van der Waals surface area contributed by atoms with Gasteiger partial charge in [0.2, 0.25) is 11.1 Å². The van der Waals surface area contributed by atoms with Crippen LogP contribution >= 0.6 is 11.5 Å². The minimum Gasteiger partial charge on any atom is -0.368 e. The van der Waals surface area contributed by atoms with Gasteiger partial charge in [-0.15, -0.1) is 0 Å². The Balaban J connectivity index is 1.32. The first-order chi connectivity index (χ1) is 14.8. The average molecular weight is 448 g/mol. The molecule has 1 N–H and O–H groups in total. The number of aromatic nitrogens is 2. The Morgan fingerprint density at radius 3 is 2.16 bits per heavy atom. The maximum absolute atomic E-state index is 12.7. The Labute approximate surface area is 183 Å². The highest BCUT2D eigenvalue weighted by Gasteiger charge is 2.30. The molecule has 0 atom stereocenters. The van der Waals surface area contributed by atoms with Crippen LogP contribution in [0.4, 0.5) is 29.9 Å². The van der Waals surface area contributed by atoms with Gasteiger partial charge in [0.1, 0.15) is 0 Å². The number of hydrogen-bond acceptors (Lipinski definition) is 6. The molecule has 1 aliphatic rings. The number of para-hydroxylation sites is 1. The number of hydrogen-bond donors (Lipinski definition) is 1. The maximum atomic E-state index is 12.7. The second kappa shape index (κ2) is 8.74. The summed E-state index contributed by atoms with van der Waals surface area (Å²) in [5.74, 6) is 0.497. The molecule has 0 saturated carbocycles. The molecule has 1 fully saturated rings. The van der Waals surface area contributed by atoms with E-state index in [1.165, 1.54) is 40.5 Å². The van der Waals surface area contributed by atoms with Crippen molar-refractivity contribution < 1.29 is 13.2 Å². The zero-order valence-electron chi connectivity index (χ0n) is 17.4. The molecule has 1 saturated heterocycles. The van der Waals surface area contributed by atoms with E-state index in [-0.39, 0.29) is 0 Å². The Kier molecular flexibility index (Phi) is 6.04. The molecule has 9 heteroatoms. The zero-order chi connectivity index (χ0) is 22.0. The number of anilines is 3. The summed E-state index contributed by atoms with van der Waals surface area (Å²) >= 11 is 1.34. The lowest BCUT2D eigenvalue weighted by Gasteiger charge is -2.37. The Hall–Kier alpha value is -2.81. The predicted octanol–water partition coefficient (Wildman–Crippen LogP) is 5.11. The summed E-state index contributed by atoms with van der Waals surface area (Å²) in [7, 11) is 0. The van der Waals surface area contributed by atoms with Crippen LogP contribution < -0.4 is 15.1 Å². The first kappa shape index (κ1) is 21.4. The topological polar surface area (TPSA) is 44.3 Å². The second-order valence-corrected chi connectivity index (χ2v) is 8.39. The summed E-state index contributed by atoms with van der Waals surface area (Å²) < 4.78 is 42.4. The van der Waals surface area contributed by atoms with Gasteiger partial charge in [-0.3, -0.25) is 0 Å². The highest BCUT2D eigenvalue weighted by molar-refractivity contribution is 7.09. The van der Waals surface area contributed by atoms with Crippen LogP contribution in [0.2, 0.25) is 0 Å². The van der Waals surface area contributed by atoms with E-state index < -0.39 is 11.7 Å². The van der Waals surface area contributed by atoms with E-state index in [4.69, 9.17) is 0 Å². The standard InChI is InChI=1S/C22H24F3N5S/c1-15-4-3-5-16(2)19(15)29-10-12-30(13-11-29)21-27-20(28-31-21)26-14-17-6-8-18(9-7-17)22(23,24)25/h3-9H,10-14H2,1-2H3,(H,26,28). The van der Waals surface area contributed by atoms with Gasteiger partial charge in [0.05, 0.1) is 5.56 Å². The highest BCUT2D eigenvalue weighted by Crippen LogP contribution is 2.30. The van der Waals surface area contributed by atoms with Crippen LogP contribution in [0.1, 0.15) is 22.3 Å². The molecule has 164 valence electrons. The number of halogens is 3. The van der Waals surface area contributed by atoms with Gasteiger partial charge in [0, 0.05) is 49.9 Å². The quantitative estimate of drug-likeness (QED) is 0.589. The van der Waals surface area contributed by atoms with Crippen LogP contribution in [-0.4, -0.2) is 35.5 Å². The van der Waals surface area contributed by atoms with Crippen molar-refractivity contribution in [2.75, 3.05) is 41.3 Å². The molecule has 3 aromatic rings. The number of nitrogens with zero attached hydrogens (tertiary/aromatic N) is 4. The minimum absolute atomic E-state index is 0.370. The predicted molar refractivity (Wildman–Crippen MR) is 119 cm³/mol. The summed E-state index contributed by atoms with van der Waals surface area (Å²) in [6, 6.07) is 11.5. The number of aryl methyl sites for hydroxylation is 2. The molecular weight excluding hydrogens is 423 g/mol. The number of benzene rings is 2. The molecule has 0 bridgehead atoms. The molecule has 4 rings (SSSR count). The molecule has 0 spiro atoms. The van der Waals surface area contributed by atoms with Crippen molar-refractivity contribution in [1.29, 1.82) is 0 Å². The van der Waals surface area contributed by atoms with Gasteiger partial charge in [0.15, 0.2) is 0 Å². The van der Waals surface area contributed by atoms with E-state index in [9.17, 15) is 13.2 Å². The number of piperazine rings is 1. The van der Waals surface area contributed by atoms with E-state index >= 15 is 0 Å². The van der Waals surface area contributed by atoms with E-state index in [1.807, 2.05) is 0 Å². The van der Waals surface area contributed by atoms with E-state index in [0.717, 1.165) is 49.0 Å². The van der Waals surface area contributed by atoms with Crippen molar-refractivity contribution >= 4 is 28.3 Å². The second-order valence-electron chi connectivity index (χ2n) is 7.66. The lowest BCUT2D eigenvalue weighted by Crippen LogP contribution is -2.47. The molecular formula is C22H24F3N5S. The number of rotatable bonds is 5. The Bertz CT molecular complexity index is 1000. The first-order valence-corrected chi connectivity index (χ1v) is 10.9. The third-order valence-electron chi connectivity index (χ3n) is 5.45. The smallest absolute Gasteiger partial charge is 0.368 e. The highest BCUT2D eigenvalue weighted by atomic mass is 32.1. The summed E-state index contributed by atoms with van der Waals surface area (Å²) in [5.41, 5.74) is 3.99. The molecule has 0 amide bonds. The van der Waals surface area contributed by atoms with E-state index in [0.29, 0.717) is 12.5 Å². The minimum atomic E-state index is -4.32. The maximum Gasteiger partial charge on any atom is 0.416 e. The summed E-state index contributed by atoms with van der Waals surface area (Å²) in [6.45, 7) is 8.22. The average Bonchev–Trinajstić information content (AvgIpc) is 3.21. The van der Waals surface area contributed by atoms with Gasteiger partial charge < -0.3 is 15.1 Å². The van der Waals surface area contributed by atoms with Crippen LogP contribution in [0.15, 0.2) is 42.5 Å². The van der Waals surface area contributed by atoms with Crippen LogP contribution in [0.3, 0.4) is 0 Å². The van der Waals surface area contributed by atoms with Gasteiger partial charge in [-0.2, -0.15) is 22.5 Å². The third kappa shape index (κ3) is 4.92. The Morgan fingerprint density at radius 1 is 0.935 bits per heavy atom. The molecule has 1 aromatic heterocycles. The largest absolute Gasteiger partial charge is 0.416 e. The van der Waals surface area contributed by atoms with Crippen LogP contribution in [0.25, 0.3) is 0 Å². The summed E-state index contributed by atoms with van der Waals surface area (Å²) in [4.78, 5) is 9.21. The number of alkyl halides is 3. The van der Waals surface area contributed by atoms with Gasteiger partial charge in [-0.25, -0.2) is 0 Å². The fourth-order valence-electron chi connectivity index (χ4n) is 3.83. The van der Waals surface area contributed by atoms with Crippen molar-refractivity contribution in [2.45, 2.75) is 26.6 Å². The fraction of sp³-hybridized carbons (Fsp3) is 0.364. The molecule has 2 heterocycles. The van der Waals surface area contributed by atoms with Crippen LogP contribution in [-0.2, 0) is 12.7 Å². The molecule has 0 radical (unpaired) electrons. The number of nitrogens with one attached hydrogen (secondary N) is 1. The lowest BCUT2D eigenvalue weighted by atomic mass is 10.1. The monoisotopic (exact) mass is 447 g/mol. The molecule has 1 aliphatic heterocycles. The van der Waals surface area contributed by atoms with Crippen molar-refractivity contribution in [2.24, 2.45) is 0 Å². The summed E-state index contributed by atoms with van der Waals surface area (Å²) in [5, 5.41) is 3.96. The van der Waals surface area contributed by atoms with Crippen molar-refractivity contribution in [3.05, 3.63) is 64.7 Å². The first-order valence-electron chi connectivity index (χ1n) is 10.1. The normalized spacial score (nSPS) is 14.7. The van der Waals surface area contributed by atoms with E-state index in [1.54, 1.807) is 0 Å². The van der Waals surface area contributed by atoms with Gasteiger partial charge in [0.25, 0.3) is 0 Å². The van der Waals surface area contributed by atoms with Gasteiger partial charge in [-0.05, 0) is 42.7 Å². The SMILES string of the molecule is Cc1cccc(C)c1N1CCN(c2nc(NCc3ccc(C(F)(F)F)cc3)ns2)CC1. The third-order valence-corrected chi connectivity index (χ3v) is 6.23. The van der Waals surface area contributed by atoms with Crippen molar-refractivity contribution in [1.82, 2.24) is 9.36 Å². The molecule has 0 unspecified atom stereocenters. The van der Waals surface area contributed by atoms with Gasteiger partial charge in [-0.1, -0.05) is 30.3 Å². The zero-order valence-corrected chi connectivity index (χ0v) is 18.2. The fourth-order valence-corrected chi connectivity index (χ4v) is 4.53. The van der Waals surface area contributed by atoms with Crippen LogP contribution in [0.5, 0.6) is 0 Å². The van der Waals surface area contributed by atoms with Gasteiger partial charge >= 0.3 is 6.18 Å². The van der Waals surface area contributed by atoms with Crippen molar-refractivity contribution in [3.63, 3.8) is 0 Å². The molecule has 2 aromatic carbocycles. The Morgan fingerprint density at radius 2 is 1.55 bits per heavy atom. The van der Waals surface area contributed by atoms with Crippen molar-refractivity contribution in [3.8, 4) is 0 Å².